The lowest BCUT2D eigenvalue weighted by Crippen LogP contribution is -2.26. The molecule has 0 saturated heterocycles. The normalized spacial score (nSPS) is 11.9. The molecular formula is C25H20ClNO3. The van der Waals surface area contributed by atoms with Gasteiger partial charge in [-0.1, -0.05) is 66.1 Å². The van der Waals surface area contributed by atoms with Gasteiger partial charge in [-0.25, -0.2) is 4.79 Å². The maximum atomic E-state index is 12.4. The maximum Gasteiger partial charge on any atom is 0.407 e. The predicted molar refractivity (Wildman–Crippen MR) is 118 cm³/mol. The molecule has 0 atom stereocenters. The molecule has 1 N–H and O–H groups in total. The van der Waals surface area contributed by atoms with E-state index in [0.717, 1.165) is 5.56 Å². The van der Waals surface area contributed by atoms with Crippen molar-refractivity contribution in [1.29, 1.82) is 0 Å². The Balaban J connectivity index is 1.41. The van der Waals surface area contributed by atoms with Gasteiger partial charge in [0.25, 0.3) is 0 Å². The number of benzene rings is 3. The molecule has 0 aromatic heterocycles. The molecule has 30 heavy (non-hydrogen) atoms. The number of alkyl carbamates (subject to hydrolysis) is 1. The van der Waals surface area contributed by atoms with Crippen LogP contribution in [0, 0.1) is 12.3 Å². The van der Waals surface area contributed by atoms with Gasteiger partial charge in [0, 0.05) is 23.0 Å². The molecule has 3 aromatic rings. The molecule has 1 aliphatic rings. The zero-order valence-electron chi connectivity index (χ0n) is 16.2. The van der Waals surface area contributed by atoms with Crippen molar-refractivity contribution in [3.8, 4) is 29.2 Å². The second-order valence-electron chi connectivity index (χ2n) is 6.92. The largest absolute Gasteiger partial charge is 0.481 e. The van der Waals surface area contributed by atoms with E-state index in [0.29, 0.717) is 10.8 Å². The van der Waals surface area contributed by atoms with E-state index >= 15 is 0 Å². The summed E-state index contributed by atoms with van der Waals surface area (Å²) in [4.78, 5) is 12.4. The first-order chi connectivity index (χ1) is 14.7. The van der Waals surface area contributed by atoms with Crippen LogP contribution in [0.4, 0.5) is 4.79 Å². The van der Waals surface area contributed by atoms with Crippen molar-refractivity contribution in [1.82, 2.24) is 5.32 Å². The van der Waals surface area contributed by atoms with Gasteiger partial charge in [0.05, 0.1) is 0 Å². The molecule has 0 heterocycles. The average Bonchev–Trinajstić information content (AvgIpc) is 3.09. The first-order valence-corrected chi connectivity index (χ1v) is 9.98. The average molecular weight is 418 g/mol. The molecule has 0 unspecified atom stereocenters. The minimum absolute atomic E-state index is 0.0174. The number of hydrogen-bond acceptors (Lipinski definition) is 3. The van der Waals surface area contributed by atoms with Crippen LogP contribution in [-0.4, -0.2) is 19.3 Å². The number of terminal acetylenes is 1. The van der Waals surface area contributed by atoms with Gasteiger partial charge in [-0.05, 0) is 40.5 Å². The van der Waals surface area contributed by atoms with Crippen LogP contribution < -0.4 is 10.1 Å². The van der Waals surface area contributed by atoms with Crippen LogP contribution in [0.2, 0.25) is 5.02 Å². The van der Waals surface area contributed by atoms with Crippen LogP contribution in [-0.2, 0) is 11.3 Å². The molecule has 4 rings (SSSR count). The van der Waals surface area contributed by atoms with Gasteiger partial charge in [0.15, 0.2) is 0 Å². The highest BCUT2D eigenvalue weighted by Crippen LogP contribution is 2.44. The molecule has 5 heteroatoms. The highest BCUT2D eigenvalue weighted by molar-refractivity contribution is 6.30. The van der Waals surface area contributed by atoms with Crippen LogP contribution in [0.3, 0.4) is 0 Å². The molecule has 150 valence electrons. The third-order valence-electron chi connectivity index (χ3n) is 5.10. The summed E-state index contributed by atoms with van der Waals surface area (Å²) in [5, 5.41) is 3.31. The zero-order chi connectivity index (χ0) is 20.9. The fourth-order valence-electron chi connectivity index (χ4n) is 3.76. The lowest BCUT2D eigenvalue weighted by Gasteiger charge is -2.15. The van der Waals surface area contributed by atoms with E-state index in [9.17, 15) is 4.79 Å². The van der Waals surface area contributed by atoms with E-state index in [1.54, 1.807) is 18.2 Å². The van der Waals surface area contributed by atoms with E-state index in [-0.39, 0.29) is 25.7 Å². The molecule has 0 saturated carbocycles. The smallest absolute Gasteiger partial charge is 0.407 e. The topological polar surface area (TPSA) is 47.6 Å². The van der Waals surface area contributed by atoms with Crippen molar-refractivity contribution in [2.24, 2.45) is 0 Å². The Kier molecular flexibility index (Phi) is 5.92. The fraction of sp³-hybridized carbons (Fsp3) is 0.160. The van der Waals surface area contributed by atoms with Crippen molar-refractivity contribution in [2.45, 2.75) is 12.5 Å². The minimum Gasteiger partial charge on any atom is -0.481 e. The lowest BCUT2D eigenvalue weighted by atomic mass is 9.98. The Morgan fingerprint density at radius 2 is 1.70 bits per heavy atom. The summed E-state index contributed by atoms with van der Waals surface area (Å²) in [6.07, 6.45) is 4.75. The monoisotopic (exact) mass is 417 g/mol. The highest BCUT2D eigenvalue weighted by Gasteiger charge is 2.28. The summed E-state index contributed by atoms with van der Waals surface area (Å²) in [5.41, 5.74) is 5.46. The molecule has 0 spiro atoms. The van der Waals surface area contributed by atoms with Crippen LogP contribution in [0.25, 0.3) is 11.1 Å². The molecule has 0 fully saturated rings. The summed E-state index contributed by atoms with van der Waals surface area (Å²) in [6.45, 7) is 0.618. The highest BCUT2D eigenvalue weighted by atomic mass is 35.5. The van der Waals surface area contributed by atoms with E-state index in [1.165, 1.54) is 22.3 Å². The number of rotatable bonds is 6. The number of ether oxygens (including phenoxy) is 2. The molecule has 0 bridgehead atoms. The first kappa shape index (κ1) is 19.9. The number of hydrogen-bond donors (Lipinski definition) is 1. The third-order valence-corrected chi connectivity index (χ3v) is 5.34. The Bertz CT molecular complexity index is 1070. The molecule has 0 radical (unpaired) electrons. The van der Waals surface area contributed by atoms with Crippen molar-refractivity contribution >= 4 is 17.7 Å². The molecule has 1 amide bonds. The SMILES string of the molecule is C#CCOc1ccc(Cl)cc1CNC(=O)OCC1c2ccccc2-c2ccccc21. The predicted octanol–water partition coefficient (Wildman–Crippen LogP) is 5.39. The Morgan fingerprint density at radius 3 is 2.37 bits per heavy atom. The summed E-state index contributed by atoms with van der Waals surface area (Å²) in [7, 11) is 0. The van der Waals surface area contributed by atoms with Gasteiger partial charge in [0.2, 0.25) is 0 Å². The molecule has 0 aliphatic heterocycles. The van der Waals surface area contributed by atoms with Crippen molar-refractivity contribution in [3.63, 3.8) is 0 Å². The number of nitrogens with one attached hydrogen (secondary N) is 1. The van der Waals surface area contributed by atoms with Gasteiger partial charge in [-0.3, -0.25) is 0 Å². The van der Waals surface area contributed by atoms with E-state index in [2.05, 4.69) is 35.5 Å². The van der Waals surface area contributed by atoms with Crippen molar-refractivity contribution < 1.29 is 14.3 Å². The van der Waals surface area contributed by atoms with Gasteiger partial charge in [-0.15, -0.1) is 6.42 Å². The molecular weight excluding hydrogens is 398 g/mol. The fourth-order valence-corrected chi connectivity index (χ4v) is 3.96. The minimum atomic E-state index is -0.500. The zero-order valence-corrected chi connectivity index (χ0v) is 17.0. The molecule has 1 aliphatic carbocycles. The van der Waals surface area contributed by atoms with E-state index < -0.39 is 6.09 Å². The number of carbonyl (C=O) groups is 1. The Hall–Kier alpha value is -3.42. The molecule has 4 nitrogen and oxygen atoms in total. The number of amides is 1. The van der Waals surface area contributed by atoms with Crippen LogP contribution in [0.5, 0.6) is 5.75 Å². The summed E-state index contributed by atoms with van der Waals surface area (Å²) < 4.78 is 11.1. The van der Waals surface area contributed by atoms with Gasteiger partial charge >= 0.3 is 6.09 Å². The second kappa shape index (κ2) is 8.94. The first-order valence-electron chi connectivity index (χ1n) is 9.61. The summed E-state index contributed by atoms with van der Waals surface area (Å²) in [6, 6.07) is 21.6. The van der Waals surface area contributed by atoms with Crippen LogP contribution >= 0.6 is 11.6 Å². The van der Waals surface area contributed by atoms with E-state index in [4.69, 9.17) is 27.5 Å². The van der Waals surface area contributed by atoms with Crippen LogP contribution in [0.1, 0.15) is 22.6 Å². The van der Waals surface area contributed by atoms with E-state index in [1.807, 2.05) is 24.3 Å². The Labute approximate surface area is 180 Å². The third kappa shape index (κ3) is 4.12. The van der Waals surface area contributed by atoms with Crippen molar-refractivity contribution in [3.05, 3.63) is 88.4 Å². The van der Waals surface area contributed by atoms with Crippen molar-refractivity contribution in [2.75, 3.05) is 13.2 Å². The lowest BCUT2D eigenvalue weighted by molar-refractivity contribution is 0.142. The summed E-state index contributed by atoms with van der Waals surface area (Å²) in [5.74, 6) is 3.02. The molecule has 3 aromatic carbocycles. The van der Waals surface area contributed by atoms with Gasteiger partial charge in [0.1, 0.15) is 19.0 Å². The number of fused-ring (bicyclic) bond motifs is 3. The number of carbonyl (C=O) groups excluding carboxylic acids is 1. The standard InChI is InChI=1S/C25H20ClNO3/c1-2-13-29-24-12-11-18(26)14-17(24)15-27-25(28)30-16-23-21-9-5-3-7-19(21)20-8-4-6-10-22(20)23/h1,3-12,14,23H,13,15-16H2,(H,27,28). The Morgan fingerprint density at radius 1 is 1.03 bits per heavy atom. The summed E-state index contributed by atoms with van der Waals surface area (Å²) >= 11 is 6.07. The van der Waals surface area contributed by atoms with Crippen LogP contribution in [0.15, 0.2) is 66.7 Å². The number of halogens is 1. The quantitative estimate of drug-likeness (QED) is 0.547. The second-order valence-corrected chi connectivity index (χ2v) is 7.36. The van der Waals surface area contributed by atoms with Gasteiger partial charge < -0.3 is 14.8 Å². The maximum absolute atomic E-state index is 12.4. The van der Waals surface area contributed by atoms with Gasteiger partial charge in [-0.2, -0.15) is 0 Å².